The van der Waals surface area contributed by atoms with Gasteiger partial charge < -0.3 is 9.51 Å². The molecule has 16 heavy (non-hydrogen) atoms. The van der Waals surface area contributed by atoms with Crippen LogP contribution in [-0.2, 0) is 6.42 Å². The fourth-order valence-corrected chi connectivity index (χ4v) is 2.61. The maximum atomic E-state index is 9.79. The number of aromatic nitrogens is 2. The van der Waals surface area contributed by atoms with Crippen molar-refractivity contribution < 1.29 is 5.11 Å². The van der Waals surface area contributed by atoms with E-state index in [2.05, 4.69) is 11.2 Å². The van der Waals surface area contributed by atoms with Gasteiger partial charge in [-0.15, -0.1) is 0 Å². The molecule has 0 saturated heterocycles. The highest BCUT2D eigenvalue weighted by Gasteiger charge is 2.25. The SMILES string of the molecule is OC1CCCC1Cc1cn2ccccc2n1. The Labute approximate surface area is 94.7 Å². The molecule has 2 aromatic rings. The van der Waals surface area contributed by atoms with Crippen molar-refractivity contribution in [3.8, 4) is 0 Å². The molecular weight excluding hydrogens is 200 g/mol. The van der Waals surface area contributed by atoms with Crippen molar-refractivity contribution in [3.05, 3.63) is 36.3 Å². The van der Waals surface area contributed by atoms with E-state index in [1.807, 2.05) is 28.8 Å². The molecule has 1 saturated carbocycles. The molecule has 0 aromatic carbocycles. The molecule has 0 radical (unpaired) electrons. The van der Waals surface area contributed by atoms with Crippen molar-refractivity contribution in [2.45, 2.75) is 31.8 Å². The summed E-state index contributed by atoms with van der Waals surface area (Å²) in [6.07, 6.45) is 8.11. The zero-order valence-electron chi connectivity index (χ0n) is 9.21. The molecular formula is C13H16N2O. The molecule has 2 atom stereocenters. The number of hydrogen-bond donors (Lipinski definition) is 1. The first-order valence-electron chi connectivity index (χ1n) is 5.93. The van der Waals surface area contributed by atoms with Crippen molar-refractivity contribution in [2.24, 2.45) is 5.92 Å². The van der Waals surface area contributed by atoms with Gasteiger partial charge in [-0.2, -0.15) is 0 Å². The van der Waals surface area contributed by atoms with Crippen LogP contribution in [0.4, 0.5) is 0 Å². The van der Waals surface area contributed by atoms with E-state index in [1.165, 1.54) is 0 Å². The molecule has 0 spiro atoms. The number of aliphatic hydroxyl groups excluding tert-OH is 1. The Hall–Kier alpha value is -1.35. The minimum Gasteiger partial charge on any atom is -0.393 e. The van der Waals surface area contributed by atoms with Crippen molar-refractivity contribution >= 4 is 5.65 Å². The van der Waals surface area contributed by atoms with Gasteiger partial charge in [0.2, 0.25) is 0 Å². The molecule has 0 amide bonds. The van der Waals surface area contributed by atoms with Crippen LogP contribution in [0.2, 0.25) is 0 Å². The summed E-state index contributed by atoms with van der Waals surface area (Å²) in [4.78, 5) is 4.56. The van der Waals surface area contributed by atoms with Crippen molar-refractivity contribution in [1.82, 2.24) is 9.38 Å². The lowest BCUT2D eigenvalue weighted by atomic mass is 10.0. The Balaban J connectivity index is 1.83. The molecule has 0 aliphatic heterocycles. The van der Waals surface area contributed by atoms with Gasteiger partial charge >= 0.3 is 0 Å². The van der Waals surface area contributed by atoms with E-state index in [1.54, 1.807) is 0 Å². The maximum Gasteiger partial charge on any atom is 0.136 e. The zero-order chi connectivity index (χ0) is 11.0. The molecule has 1 aliphatic rings. The molecule has 2 heterocycles. The van der Waals surface area contributed by atoms with E-state index >= 15 is 0 Å². The summed E-state index contributed by atoms with van der Waals surface area (Å²) in [5.74, 6) is 0.407. The second-order valence-corrected chi connectivity index (χ2v) is 4.66. The summed E-state index contributed by atoms with van der Waals surface area (Å²) >= 11 is 0. The van der Waals surface area contributed by atoms with Crippen molar-refractivity contribution in [3.63, 3.8) is 0 Å². The van der Waals surface area contributed by atoms with Gasteiger partial charge in [-0.3, -0.25) is 0 Å². The Kier molecular flexibility index (Phi) is 2.40. The van der Waals surface area contributed by atoms with Crippen LogP contribution in [0.1, 0.15) is 25.0 Å². The molecule has 1 aliphatic carbocycles. The summed E-state index contributed by atoms with van der Waals surface area (Å²) in [6, 6.07) is 6.01. The lowest BCUT2D eigenvalue weighted by Gasteiger charge is -2.11. The normalized spacial score (nSPS) is 25.3. The number of rotatable bonds is 2. The summed E-state index contributed by atoms with van der Waals surface area (Å²) in [6.45, 7) is 0. The number of nitrogens with zero attached hydrogens (tertiary/aromatic N) is 2. The molecule has 0 bridgehead atoms. The van der Waals surface area contributed by atoms with Gasteiger partial charge in [-0.1, -0.05) is 12.5 Å². The minimum absolute atomic E-state index is 0.121. The second-order valence-electron chi connectivity index (χ2n) is 4.66. The highest BCUT2D eigenvalue weighted by Crippen LogP contribution is 2.28. The Morgan fingerprint density at radius 2 is 2.31 bits per heavy atom. The quantitative estimate of drug-likeness (QED) is 0.834. The number of imidazole rings is 1. The van der Waals surface area contributed by atoms with Crippen molar-refractivity contribution in [1.29, 1.82) is 0 Å². The summed E-state index contributed by atoms with van der Waals surface area (Å²) in [5.41, 5.74) is 2.09. The Morgan fingerprint density at radius 3 is 3.06 bits per heavy atom. The van der Waals surface area contributed by atoms with Gasteiger partial charge in [0.25, 0.3) is 0 Å². The largest absolute Gasteiger partial charge is 0.393 e. The third kappa shape index (κ3) is 1.71. The van der Waals surface area contributed by atoms with Crippen LogP contribution < -0.4 is 0 Å². The van der Waals surface area contributed by atoms with Crippen molar-refractivity contribution in [2.75, 3.05) is 0 Å². The number of pyridine rings is 1. The summed E-state index contributed by atoms with van der Waals surface area (Å²) in [7, 11) is 0. The monoisotopic (exact) mass is 216 g/mol. The predicted octanol–water partition coefficient (Wildman–Crippen LogP) is 2.04. The summed E-state index contributed by atoms with van der Waals surface area (Å²) < 4.78 is 2.04. The first-order chi connectivity index (χ1) is 7.83. The zero-order valence-corrected chi connectivity index (χ0v) is 9.21. The Bertz CT molecular complexity index is 458. The molecule has 3 heteroatoms. The Morgan fingerprint density at radius 1 is 1.38 bits per heavy atom. The smallest absolute Gasteiger partial charge is 0.136 e. The van der Waals surface area contributed by atoms with Gasteiger partial charge in [0.05, 0.1) is 11.8 Å². The van der Waals surface area contributed by atoms with Crippen LogP contribution >= 0.6 is 0 Å². The van der Waals surface area contributed by atoms with Crippen LogP contribution in [0, 0.1) is 5.92 Å². The molecule has 84 valence electrons. The van der Waals surface area contributed by atoms with Gasteiger partial charge in [0, 0.05) is 12.4 Å². The average Bonchev–Trinajstić information content (AvgIpc) is 2.85. The predicted molar refractivity (Wildman–Crippen MR) is 62.2 cm³/mol. The summed E-state index contributed by atoms with van der Waals surface area (Å²) in [5, 5.41) is 9.79. The van der Waals surface area contributed by atoms with Gasteiger partial charge in [0.1, 0.15) is 5.65 Å². The first-order valence-corrected chi connectivity index (χ1v) is 5.93. The fourth-order valence-electron chi connectivity index (χ4n) is 2.61. The van der Waals surface area contributed by atoms with Crippen LogP contribution in [-0.4, -0.2) is 20.6 Å². The van der Waals surface area contributed by atoms with E-state index in [0.29, 0.717) is 5.92 Å². The van der Waals surface area contributed by atoms with Crippen LogP contribution in [0.15, 0.2) is 30.6 Å². The first kappa shape index (κ1) is 9.85. The maximum absolute atomic E-state index is 9.79. The second kappa shape index (κ2) is 3.91. The molecule has 3 nitrogen and oxygen atoms in total. The number of aliphatic hydroxyl groups is 1. The minimum atomic E-state index is -0.121. The molecule has 3 rings (SSSR count). The highest BCUT2D eigenvalue weighted by atomic mass is 16.3. The lowest BCUT2D eigenvalue weighted by molar-refractivity contribution is 0.132. The van der Waals surface area contributed by atoms with Crippen LogP contribution in [0.25, 0.3) is 5.65 Å². The molecule has 1 fully saturated rings. The highest BCUT2D eigenvalue weighted by molar-refractivity contribution is 5.39. The van der Waals surface area contributed by atoms with E-state index in [9.17, 15) is 5.11 Å². The number of hydrogen-bond acceptors (Lipinski definition) is 2. The number of fused-ring (bicyclic) bond motifs is 1. The van der Waals surface area contributed by atoms with Crippen LogP contribution in [0.5, 0.6) is 0 Å². The van der Waals surface area contributed by atoms with E-state index < -0.39 is 0 Å². The standard InChI is InChI=1S/C13H16N2O/c16-12-5-3-4-10(12)8-11-9-15-7-2-1-6-13(15)14-11/h1-2,6-7,9-10,12,16H,3-5,8H2. The fraction of sp³-hybridized carbons (Fsp3) is 0.462. The molecule has 2 unspecified atom stereocenters. The lowest BCUT2D eigenvalue weighted by Crippen LogP contribution is -2.15. The molecule has 2 aromatic heterocycles. The van der Waals surface area contributed by atoms with Crippen LogP contribution in [0.3, 0.4) is 0 Å². The van der Waals surface area contributed by atoms with E-state index in [-0.39, 0.29) is 6.10 Å². The molecule has 1 N–H and O–H groups in total. The third-order valence-electron chi connectivity index (χ3n) is 3.50. The average molecular weight is 216 g/mol. The topological polar surface area (TPSA) is 37.5 Å². The van der Waals surface area contributed by atoms with Gasteiger partial charge in [-0.25, -0.2) is 4.98 Å². The van der Waals surface area contributed by atoms with Gasteiger partial charge in [0.15, 0.2) is 0 Å². The van der Waals surface area contributed by atoms with E-state index in [4.69, 9.17) is 0 Å². The third-order valence-corrected chi connectivity index (χ3v) is 3.50. The van der Waals surface area contributed by atoms with Gasteiger partial charge in [-0.05, 0) is 37.3 Å². The van der Waals surface area contributed by atoms with E-state index in [0.717, 1.165) is 37.0 Å².